The molecule has 0 aromatic carbocycles. The van der Waals surface area contributed by atoms with Crippen molar-refractivity contribution in [2.24, 2.45) is 0 Å². The second-order valence-electron chi connectivity index (χ2n) is 2.38. The normalized spacial score (nSPS) is 12.7. The Bertz CT molecular complexity index is 219. The lowest BCUT2D eigenvalue weighted by atomic mass is 10.6. The Kier molecular flexibility index (Phi) is 4.95. The highest BCUT2D eigenvalue weighted by molar-refractivity contribution is 5.75. The summed E-state index contributed by atoms with van der Waals surface area (Å²) >= 11 is 0. The summed E-state index contributed by atoms with van der Waals surface area (Å²) in [4.78, 5) is 10.3. The molecule has 0 aromatic rings. The maximum absolute atomic E-state index is 12.6. The molecule has 0 rings (SSSR count). The smallest absolute Gasteiger partial charge is 0.460 e. The molecule has 0 aliphatic heterocycles. The van der Waals surface area contributed by atoms with Crippen molar-refractivity contribution in [1.29, 1.82) is 0 Å². The van der Waals surface area contributed by atoms with Crippen molar-refractivity contribution in [2.75, 3.05) is 20.3 Å². The van der Waals surface area contributed by atoms with E-state index in [1.807, 2.05) is 0 Å². The average molecular weight is 234 g/mol. The van der Waals surface area contributed by atoms with Crippen LogP contribution < -0.4 is 0 Å². The van der Waals surface area contributed by atoms with E-state index in [1.165, 1.54) is 6.92 Å². The van der Waals surface area contributed by atoms with Crippen LogP contribution in [0.5, 0.6) is 0 Å². The van der Waals surface area contributed by atoms with Crippen molar-refractivity contribution >= 4 is 5.97 Å². The Morgan fingerprint density at radius 2 is 1.80 bits per heavy atom. The number of hydrogen-bond donors (Lipinski definition) is 0. The zero-order valence-electron chi connectivity index (χ0n) is 8.06. The van der Waals surface area contributed by atoms with Gasteiger partial charge in [0.05, 0.1) is 7.11 Å². The zero-order valence-corrected chi connectivity index (χ0v) is 8.06. The molecule has 0 fully saturated rings. The van der Waals surface area contributed by atoms with Crippen LogP contribution in [0.1, 0.15) is 6.92 Å². The number of carbonyl (C=O) groups excluding carboxylic acids is 1. The van der Waals surface area contributed by atoms with Crippen LogP contribution in [0, 0.1) is 0 Å². The molecule has 0 heterocycles. The molecular weight excluding hydrogens is 224 g/mol. The molecule has 0 radical (unpaired) electrons. The number of esters is 1. The van der Waals surface area contributed by atoms with E-state index in [9.17, 15) is 22.4 Å². The summed E-state index contributed by atoms with van der Waals surface area (Å²) in [6.45, 7) is -0.0621. The van der Waals surface area contributed by atoms with E-state index in [0.717, 1.165) is 0 Å². The van der Waals surface area contributed by atoms with Crippen LogP contribution in [0.25, 0.3) is 0 Å². The lowest BCUT2D eigenvalue weighted by molar-refractivity contribution is -0.373. The molecule has 15 heavy (non-hydrogen) atoms. The first-order valence-electron chi connectivity index (χ1n) is 3.87. The van der Waals surface area contributed by atoms with Gasteiger partial charge in [0.2, 0.25) is 0 Å². The first-order chi connectivity index (χ1) is 6.75. The number of hydrogen-bond acceptors (Lipinski definition) is 4. The molecule has 0 unspecified atom stereocenters. The molecule has 0 aromatic heterocycles. The predicted octanol–water partition coefficient (Wildman–Crippen LogP) is 1.40. The maximum atomic E-state index is 12.6. The van der Waals surface area contributed by atoms with Gasteiger partial charge in [0, 0.05) is 6.61 Å². The molecular formula is C7H10F4O4. The summed E-state index contributed by atoms with van der Waals surface area (Å²) in [5.41, 5.74) is 0. The Labute approximate surface area is 83.1 Å². The summed E-state index contributed by atoms with van der Waals surface area (Å²) in [7, 11) is 0.625. The third-order valence-corrected chi connectivity index (χ3v) is 1.17. The molecule has 0 aliphatic rings. The summed E-state index contributed by atoms with van der Waals surface area (Å²) in [6, 6.07) is 0. The molecule has 0 aliphatic carbocycles. The average Bonchev–Trinajstić information content (AvgIpc) is 2.11. The lowest BCUT2D eigenvalue weighted by Gasteiger charge is -2.21. The van der Waals surface area contributed by atoms with Crippen LogP contribution >= 0.6 is 0 Å². The molecule has 0 saturated carbocycles. The monoisotopic (exact) mass is 234 g/mol. The van der Waals surface area contributed by atoms with E-state index in [4.69, 9.17) is 0 Å². The molecule has 4 nitrogen and oxygen atoms in total. The van der Waals surface area contributed by atoms with Gasteiger partial charge >= 0.3 is 18.2 Å². The molecule has 0 spiro atoms. The highest BCUT2D eigenvalue weighted by Crippen LogP contribution is 2.28. The lowest BCUT2D eigenvalue weighted by Crippen LogP contribution is -2.42. The van der Waals surface area contributed by atoms with Crippen LogP contribution in [0.2, 0.25) is 0 Å². The number of halogens is 4. The summed E-state index contributed by atoms with van der Waals surface area (Å²) < 4.78 is 60.9. The van der Waals surface area contributed by atoms with E-state index in [0.29, 0.717) is 7.11 Å². The fourth-order valence-corrected chi connectivity index (χ4v) is 0.598. The molecule has 0 saturated heterocycles. The predicted molar refractivity (Wildman–Crippen MR) is 39.5 cm³/mol. The van der Waals surface area contributed by atoms with Crippen molar-refractivity contribution in [3.8, 4) is 0 Å². The van der Waals surface area contributed by atoms with Crippen molar-refractivity contribution in [2.45, 2.75) is 19.1 Å². The first-order valence-corrected chi connectivity index (χ1v) is 3.87. The van der Waals surface area contributed by atoms with Crippen molar-refractivity contribution in [3.05, 3.63) is 0 Å². The summed E-state index contributed by atoms with van der Waals surface area (Å²) in [5.74, 6) is -2.20. The van der Waals surface area contributed by atoms with Gasteiger partial charge in [0.1, 0.15) is 6.61 Å². The van der Waals surface area contributed by atoms with Crippen molar-refractivity contribution < 1.29 is 36.6 Å². The Morgan fingerprint density at radius 3 is 2.20 bits per heavy atom. The van der Waals surface area contributed by atoms with Gasteiger partial charge < -0.3 is 9.47 Å². The van der Waals surface area contributed by atoms with E-state index >= 15 is 0 Å². The first kappa shape index (κ1) is 14.1. The number of methoxy groups -OCH3 is 1. The Morgan fingerprint density at radius 1 is 1.27 bits per heavy atom. The van der Waals surface area contributed by atoms with E-state index < -0.39 is 24.8 Å². The van der Waals surface area contributed by atoms with Crippen LogP contribution in [-0.4, -0.2) is 38.5 Å². The minimum Gasteiger partial charge on any atom is -0.463 e. The molecule has 0 amide bonds. The number of carbonyl (C=O) groups is 1. The van der Waals surface area contributed by atoms with E-state index in [-0.39, 0.29) is 6.61 Å². The molecule has 8 heteroatoms. The van der Waals surface area contributed by atoms with Gasteiger partial charge in [-0.2, -0.15) is 17.6 Å². The fourth-order valence-electron chi connectivity index (χ4n) is 0.598. The molecule has 0 atom stereocenters. The van der Waals surface area contributed by atoms with Crippen LogP contribution in [0.4, 0.5) is 17.6 Å². The van der Waals surface area contributed by atoms with Gasteiger partial charge in [-0.25, -0.2) is 9.53 Å². The molecule has 0 N–H and O–H groups in total. The van der Waals surface area contributed by atoms with Gasteiger partial charge in [-0.15, -0.1) is 0 Å². The number of rotatable bonds is 6. The number of ether oxygens (including phenoxy) is 3. The standard InChI is InChI=1S/C7H10F4O4/c1-3-14-4-6(8,9)15-7(10,11)5(12)13-2/h3-4H2,1-2H3. The highest BCUT2D eigenvalue weighted by atomic mass is 19.3. The minimum absolute atomic E-state index is 0.0945. The van der Waals surface area contributed by atoms with E-state index in [2.05, 4.69) is 14.2 Å². The second-order valence-corrected chi connectivity index (χ2v) is 2.38. The third-order valence-electron chi connectivity index (χ3n) is 1.17. The van der Waals surface area contributed by atoms with E-state index in [1.54, 1.807) is 0 Å². The fraction of sp³-hybridized carbons (Fsp3) is 0.857. The quantitative estimate of drug-likeness (QED) is 0.514. The minimum atomic E-state index is -4.70. The van der Waals surface area contributed by atoms with Crippen molar-refractivity contribution in [1.82, 2.24) is 0 Å². The van der Waals surface area contributed by atoms with Crippen LogP contribution in [0.3, 0.4) is 0 Å². The van der Waals surface area contributed by atoms with Gasteiger partial charge in [-0.05, 0) is 6.92 Å². The highest BCUT2D eigenvalue weighted by Gasteiger charge is 2.51. The van der Waals surface area contributed by atoms with Gasteiger partial charge in [0.25, 0.3) is 0 Å². The van der Waals surface area contributed by atoms with Crippen LogP contribution in [-0.2, 0) is 19.0 Å². The Hall–Kier alpha value is -0.890. The molecule has 0 bridgehead atoms. The summed E-state index contributed by atoms with van der Waals surface area (Å²) in [6.07, 6.45) is -8.96. The SMILES string of the molecule is CCOCC(F)(F)OC(F)(F)C(=O)OC. The third kappa shape index (κ3) is 4.93. The maximum Gasteiger partial charge on any atom is 0.460 e. The zero-order chi connectivity index (χ0) is 12.1. The largest absolute Gasteiger partial charge is 0.463 e. The van der Waals surface area contributed by atoms with Gasteiger partial charge in [0.15, 0.2) is 0 Å². The van der Waals surface area contributed by atoms with Crippen LogP contribution in [0.15, 0.2) is 0 Å². The molecule has 90 valence electrons. The second kappa shape index (κ2) is 5.26. The Balaban J connectivity index is 4.35. The van der Waals surface area contributed by atoms with Crippen molar-refractivity contribution in [3.63, 3.8) is 0 Å². The summed E-state index contributed by atoms with van der Waals surface area (Å²) in [5, 5.41) is 0. The number of alkyl halides is 4. The van der Waals surface area contributed by atoms with Gasteiger partial charge in [-0.1, -0.05) is 0 Å². The topological polar surface area (TPSA) is 44.8 Å². The van der Waals surface area contributed by atoms with Gasteiger partial charge in [-0.3, -0.25) is 0 Å².